The summed E-state index contributed by atoms with van der Waals surface area (Å²) in [5.74, 6) is 0.674. The molecule has 3 aliphatic carbocycles. The van der Waals surface area contributed by atoms with Crippen LogP contribution in [-0.2, 0) is 12.8 Å². The van der Waals surface area contributed by atoms with Crippen LogP contribution < -0.4 is 0 Å². The summed E-state index contributed by atoms with van der Waals surface area (Å²) >= 11 is 0. The van der Waals surface area contributed by atoms with Crippen molar-refractivity contribution in [1.29, 1.82) is 0 Å². The lowest BCUT2D eigenvalue weighted by Gasteiger charge is -2.25. The van der Waals surface area contributed by atoms with E-state index in [1.807, 2.05) is 0 Å². The first-order valence-electron chi connectivity index (χ1n) is 7.87. The van der Waals surface area contributed by atoms with Gasteiger partial charge in [-0.1, -0.05) is 42.5 Å². The van der Waals surface area contributed by atoms with Crippen LogP contribution in [-0.4, -0.2) is 0 Å². The zero-order valence-corrected chi connectivity index (χ0v) is 11.7. The lowest BCUT2D eigenvalue weighted by Crippen LogP contribution is -2.09. The SMILES string of the molecule is c1ccc2c(c1)CCC1C2=C2CCCc3cccc1c32. The predicted molar refractivity (Wildman–Crippen MR) is 83.7 cm³/mol. The van der Waals surface area contributed by atoms with Crippen LogP contribution in [0, 0.1) is 0 Å². The lowest BCUT2D eigenvalue weighted by atomic mass is 9.78. The molecule has 0 radical (unpaired) electrons. The van der Waals surface area contributed by atoms with E-state index in [0.29, 0.717) is 5.92 Å². The van der Waals surface area contributed by atoms with Crippen molar-refractivity contribution < 1.29 is 0 Å². The van der Waals surface area contributed by atoms with Crippen molar-refractivity contribution in [1.82, 2.24) is 0 Å². The summed E-state index contributed by atoms with van der Waals surface area (Å²) in [5.41, 5.74) is 11.3. The molecule has 0 saturated carbocycles. The van der Waals surface area contributed by atoms with Crippen molar-refractivity contribution in [2.75, 3.05) is 0 Å². The molecule has 0 N–H and O–H groups in total. The van der Waals surface area contributed by atoms with E-state index in [1.54, 1.807) is 39.0 Å². The molecule has 20 heavy (non-hydrogen) atoms. The van der Waals surface area contributed by atoms with Gasteiger partial charge in [0.2, 0.25) is 0 Å². The van der Waals surface area contributed by atoms with Crippen LogP contribution in [0.2, 0.25) is 0 Å². The largest absolute Gasteiger partial charge is 0.0620 e. The molecule has 3 aliphatic rings. The smallest absolute Gasteiger partial charge is 0.0108 e. The molecule has 0 aromatic heterocycles. The van der Waals surface area contributed by atoms with Crippen molar-refractivity contribution in [3.8, 4) is 0 Å². The first-order valence-corrected chi connectivity index (χ1v) is 7.87. The number of allylic oxidation sites excluding steroid dienone is 2. The van der Waals surface area contributed by atoms with Gasteiger partial charge in [-0.3, -0.25) is 0 Å². The Bertz CT molecular complexity index is 748. The highest BCUT2D eigenvalue weighted by molar-refractivity contribution is 6.02. The summed E-state index contributed by atoms with van der Waals surface area (Å²) in [6, 6.07) is 16.1. The Kier molecular flexibility index (Phi) is 2.10. The van der Waals surface area contributed by atoms with Crippen LogP contribution in [0.1, 0.15) is 53.0 Å². The maximum absolute atomic E-state index is 2.38. The third-order valence-corrected chi connectivity index (χ3v) is 5.42. The molecule has 0 fully saturated rings. The van der Waals surface area contributed by atoms with E-state index in [9.17, 15) is 0 Å². The minimum Gasteiger partial charge on any atom is -0.0620 e. The summed E-state index contributed by atoms with van der Waals surface area (Å²) in [6.07, 6.45) is 6.41. The molecule has 0 bridgehead atoms. The zero-order valence-electron chi connectivity index (χ0n) is 11.7. The van der Waals surface area contributed by atoms with E-state index in [0.717, 1.165) is 0 Å². The molecule has 2 aromatic carbocycles. The van der Waals surface area contributed by atoms with Crippen LogP contribution in [0.5, 0.6) is 0 Å². The van der Waals surface area contributed by atoms with Crippen LogP contribution in [0.15, 0.2) is 42.5 Å². The molecule has 0 aliphatic heterocycles. The first kappa shape index (κ1) is 10.9. The summed E-state index contributed by atoms with van der Waals surface area (Å²) in [7, 11) is 0. The summed E-state index contributed by atoms with van der Waals surface area (Å²) in [4.78, 5) is 0. The average molecular weight is 258 g/mol. The van der Waals surface area contributed by atoms with E-state index in [4.69, 9.17) is 0 Å². The van der Waals surface area contributed by atoms with Gasteiger partial charge in [0.1, 0.15) is 0 Å². The molecule has 0 heteroatoms. The van der Waals surface area contributed by atoms with Gasteiger partial charge in [0.05, 0.1) is 0 Å². The summed E-state index contributed by atoms with van der Waals surface area (Å²) in [5, 5.41) is 0. The second-order valence-corrected chi connectivity index (χ2v) is 6.38. The standard InChI is InChI=1S/C20H18/c1-2-8-15-13(5-1)11-12-17-16-9-3-6-14-7-4-10-18(19(14)16)20(15)17/h1-3,5-6,8-9,17H,4,7,10-12H2. The van der Waals surface area contributed by atoms with E-state index in [1.165, 1.54) is 32.1 Å². The third-order valence-electron chi connectivity index (χ3n) is 5.42. The molecule has 0 heterocycles. The van der Waals surface area contributed by atoms with E-state index in [-0.39, 0.29) is 0 Å². The highest BCUT2D eigenvalue weighted by atomic mass is 14.4. The van der Waals surface area contributed by atoms with Crippen LogP contribution in [0.4, 0.5) is 0 Å². The van der Waals surface area contributed by atoms with Crippen molar-refractivity contribution in [3.63, 3.8) is 0 Å². The molecule has 0 spiro atoms. The maximum Gasteiger partial charge on any atom is 0.0108 e. The molecule has 0 nitrogen and oxygen atoms in total. The van der Waals surface area contributed by atoms with Gasteiger partial charge >= 0.3 is 0 Å². The van der Waals surface area contributed by atoms with Crippen molar-refractivity contribution in [2.24, 2.45) is 0 Å². The third kappa shape index (κ3) is 1.27. The Labute approximate surface area is 120 Å². The van der Waals surface area contributed by atoms with Gasteiger partial charge in [-0.2, -0.15) is 0 Å². The molecule has 1 unspecified atom stereocenters. The van der Waals surface area contributed by atoms with E-state index < -0.39 is 0 Å². The number of hydrogen-bond donors (Lipinski definition) is 0. The normalized spacial score (nSPS) is 22.3. The molecule has 5 rings (SSSR count). The number of hydrogen-bond acceptors (Lipinski definition) is 0. The minimum atomic E-state index is 0.674. The van der Waals surface area contributed by atoms with Gasteiger partial charge in [0, 0.05) is 5.92 Å². The number of rotatable bonds is 0. The van der Waals surface area contributed by atoms with Gasteiger partial charge in [-0.05, 0) is 71.1 Å². The summed E-state index contributed by atoms with van der Waals surface area (Å²) in [6.45, 7) is 0. The second-order valence-electron chi connectivity index (χ2n) is 6.38. The molecule has 0 saturated heterocycles. The van der Waals surface area contributed by atoms with Crippen molar-refractivity contribution in [2.45, 2.75) is 38.0 Å². The monoisotopic (exact) mass is 258 g/mol. The fourth-order valence-electron chi connectivity index (χ4n) is 4.65. The Hall–Kier alpha value is -1.82. The number of benzene rings is 2. The van der Waals surface area contributed by atoms with Gasteiger partial charge in [-0.25, -0.2) is 0 Å². The van der Waals surface area contributed by atoms with Gasteiger partial charge in [0.15, 0.2) is 0 Å². The second kappa shape index (κ2) is 3.85. The van der Waals surface area contributed by atoms with Gasteiger partial charge in [-0.15, -0.1) is 0 Å². The molecule has 1 atom stereocenters. The Morgan fingerprint density at radius 3 is 2.70 bits per heavy atom. The lowest BCUT2D eigenvalue weighted by molar-refractivity contribution is 0.732. The predicted octanol–water partition coefficient (Wildman–Crippen LogP) is 4.98. The topological polar surface area (TPSA) is 0 Å². The first-order chi connectivity index (χ1) is 9.93. The summed E-state index contributed by atoms with van der Waals surface area (Å²) < 4.78 is 0. The Morgan fingerprint density at radius 1 is 0.800 bits per heavy atom. The molecular weight excluding hydrogens is 240 g/mol. The Balaban J connectivity index is 1.85. The maximum atomic E-state index is 2.38. The molecule has 2 aromatic rings. The van der Waals surface area contributed by atoms with Crippen LogP contribution in [0.3, 0.4) is 0 Å². The van der Waals surface area contributed by atoms with Crippen molar-refractivity contribution in [3.05, 3.63) is 70.3 Å². The van der Waals surface area contributed by atoms with E-state index >= 15 is 0 Å². The average Bonchev–Trinajstić information content (AvgIpc) is 2.85. The Morgan fingerprint density at radius 2 is 1.70 bits per heavy atom. The minimum absolute atomic E-state index is 0.674. The zero-order chi connectivity index (χ0) is 13.1. The molecule has 0 amide bonds. The van der Waals surface area contributed by atoms with Gasteiger partial charge < -0.3 is 0 Å². The fraction of sp³-hybridized carbons (Fsp3) is 0.300. The van der Waals surface area contributed by atoms with Gasteiger partial charge in [0.25, 0.3) is 0 Å². The molecule has 98 valence electrons. The number of aryl methyl sites for hydroxylation is 2. The quantitative estimate of drug-likeness (QED) is 0.625. The highest BCUT2D eigenvalue weighted by Crippen LogP contribution is 2.55. The van der Waals surface area contributed by atoms with Crippen LogP contribution in [0.25, 0.3) is 11.1 Å². The van der Waals surface area contributed by atoms with E-state index in [2.05, 4.69) is 42.5 Å². The fourth-order valence-corrected chi connectivity index (χ4v) is 4.65. The highest BCUT2D eigenvalue weighted by Gasteiger charge is 2.37. The van der Waals surface area contributed by atoms with Crippen LogP contribution >= 0.6 is 0 Å². The van der Waals surface area contributed by atoms with Crippen molar-refractivity contribution >= 4 is 11.1 Å². The molecular formula is C20H18. The number of fused-ring (bicyclic) bond motifs is 4.